The van der Waals surface area contributed by atoms with Gasteiger partial charge in [-0.25, -0.2) is 4.98 Å². The third kappa shape index (κ3) is 2.20. The SMILES string of the molecule is O=c1[nH]cncc1C=CCCl. The monoisotopic (exact) mass is 170 g/mol. The van der Waals surface area contributed by atoms with Crippen molar-refractivity contribution in [3.8, 4) is 0 Å². The van der Waals surface area contributed by atoms with E-state index in [2.05, 4.69) is 9.97 Å². The maximum Gasteiger partial charge on any atom is 0.257 e. The smallest absolute Gasteiger partial charge is 0.257 e. The summed E-state index contributed by atoms with van der Waals surface area (Å²) in [7, 11) is 0. The van der Waals surface area contributed by atoms with Gasteiger partial charge in [-0.15, -0.1) is 11.6 Å². The minimum Gasteiger partial charge on any atom is -0.313 e. The largest absolute Gasteiger partial charge is 0.313 e. The molecule has 0 aromatic carbocycles. The van der Waals surface area contributed by atoms with Gasteiger partial charge in [0.05, 0.1) is 11.9 Å². The summed E-state index contributed by atoms with van der Waals surface area (Å²) in [5.41, 5.74) is 0.370. The molecule has 0 amide bonds. The van der Waals surface area contributed by atoms with Gasteiger partial charge in [-0.3, -0.25) is 4.79 Å². The summed E-state index contributed by atoms with van der Waals surface area (Å²) in [6.45, 7) is 0. The van der Waals surface area contributed by atoms with Crippen LogP contribution < -0.4 is 5.56 Å². The molecule has 0 spiro atoms. The molecule has 11 heavy (non-hydrogen) atoms. The molecule has 0 saturated carbocycles. The van der Waals surface area contributed by atoms with E-state index >= 15 is 0 Å². The highest BCUT2D eigenvalue weighted by molar-refractivity contribution is 6.19. The van der Waals surface area contributed by atoms with E-state index in [0.717, 1.165) is 0 Å². The highest BCUT2D eigenvalue weighted by Crippen LogP contribution is 1.90. The van der Waals surface area contributed by atoms with Gasteiger partial charge in [0, 0.05) is 12.1 Å². The highest BCUT2D eigenvalue weighted by Gasteiger charge is 1.90. The lowest BCUT2D eigenvalue weighted by molar-refractivity contribution is 1.11. The van der Waals surface area contributed by atoms with E-state index in [-0.39, 0.29) is 5.56 Å². The van der Waals surface area contributed by atoms with Crippen LogP contribution in [0.3, 0.4) is 0 Å². The second kappa shape index (κ2) is 3.93. The van der Waals surface area contributed by atoms with Gasteiger partial charge in [0.1, 0.15) is 0 Å². The predicted octanol–water partition coefficient (Wildman–Crippen LogP) is 1.02. The fourth-order valence-corrected chi connectivity index (χ4v) is 0.735. The number of nitrogens with zero attached hydrogens (tertiary/aromatic N) is 1. The van der Waals surface area contributed by atoms with Crippen LogP contribution in [0.2, 0.25) is 0 Å². The summed E-state index contributed by atoms with van der Waals surface area (Å²) in [4.78, 5) is 17.1. The van der Waals surface area contributed by atoms with Crippen molar-refractivity contribution in [1.29, 1.82) is 0 Å². The number of hydrogen-bond acceptors (Lipinski definition) is 2. The lowest BCUT2D eigenvalue weighted by Gasteiger charge is -1.87. The van der Waals surface area contributed by atoms with Crippen molar-refractivity contribution in [3.05, 3.63) is 34.5 Å². The van der Waals surface area contributed by atoms with Crippen molar-refractivity contribution in [2.75, 3.05) is 5.88 Å². The van der Waals surface area contributed by atoms with Gasteiger partial charge in [0.25, 0.3) is 5.56 Å². The Bertz CT molecular complexity index is 305. The summed E-state index contributed by atoms with van der Waals surface area (Å²) in [6.07, 6.45) is 6.16. The standard InChI is InChI=1S/C7H7ClN2O/c8-3-1-2-6-4-9-5-10-7(6)11/h1-2,4-5H,3H2,(H,9,10,11). The zero-order chi connectivity index (χ0) is 8.10. The molecule has 0 unspecified atom stereocenters. The molecule has 1 N–H and O–H groups in total. The first-order valence-corrected chi connectivity index (χ1v) is 3.63. The molecule has 1 rings (SSSR count). The van der Waals surface area contributed by atoms with Crippen molar-refractivity contribution in [2.45, 2.75) is 0 Å². The first kappa shape index (κ1) is 8.01. The van der Waals surface area contributed by atoms with Crippen LogP contribution in [0.1, 0.15) is 5.56 Å². The van der Waals surface area contributed by atoms with Crippen LogP contribution in [0.15, 0.2) is 23.4 Å². The summed E-state index contributed by atoms with van der Waals surface area (Å²) < 4.78 is 0. The average Bonchev–Trinajstić information content (AvgIpc) is 2.03. The molecule has 1 aromatic rings. The van der Waals surface area contributed by atoms with Crippen molar-refractivity contribution < 1.29 is 0 Å². The van der Waals surface area contributed by atoms with Crippen LogP contribution >= 0.6 is 11.6 Å². The van der Waals surface area contributed by atoms with Crippen LogP contribution in [-0.4, -0.2) is 15.8 Å². The Balaban J connectivity index is 2.95. The normalized spacial score (nSPS) is 10.6. The fourth-order valence-electron chi connectivity index (χ4n) is 0.646. The number of aromatic nitrogens is 2. The van der Waals surface area contributed by atoms with E-state index in [4.69, 9.17) is 11.6 Å². The molecule has 0 aliphatic rings. The van der Waals surface area contributed by atoms with Crippen LogP contribution in [0, 0.1) is 0 Å². The molecule has 0 bridgehead atoms. The number of allylic oxidation sites excluding steroid dienone is 1. The number of rotatable bonds is 2. The van der Waals surface area contributed by atoms with Crippen molar-refractivity contribution >= 4 is 17.7 Å². The van der Waals surface area contributed by atoms with Crippen molar-refractivity contribution in [2.24, 2.45) is 0 Å². The van der Waals surface area contributed by atoms with E-state index in [1.165, 1.54) is 12.5 Å². The molecule has 0 saturated heterocycles. The number of halogens is 1. The first-order valence-electron chi connectivity index (χ1n) is 3.10. The fraction of sp³-hybridized carbons (Fsp3) is 0.143. The van der Waals surface area contributed by atoms with Gasteiger partial charge in [0.2, 0.25) is 0 Å². The Morgan fingerprint density at radius 3 is 3.18 bits per heavy atom. The summed E-state index contributed by atoms with van der Waals surface area (Å²) in [6, 6.07) is 0. The number of H-pyrrole nitrogens is 1. The summed E-state index contributed by atoms with van der Waals surface area (Å²) >= 11 is 5.38. The van der Waals surface area contributed by atoms with Gasteiger partial charge in [0.15, 0.2) is 0 Å². The lowest BCUT2D eigenvalue weighted by Crippen LogP contribution is -2.08. The molecule has 0 aliphatic carbocycles. The van der Waals surface area contributed by atoms with Crippen molar-refractivity contribution in [3.63, 3.8) is 0 Å². The second-order valence-corrected chi connectivity index (χ2v) is 2.20. The topological polar surface area (TPSA) is 45.8 Å². The van der Waals surface area contributed by atoms with Gasteiger partial charge >= 0.3 is 0 Å². The zero-order valence-electron chi connectivity index (χ0n) is 5.75. The number of hydrogen-bond donors (Lipinski definition) is 1. The molecule has 1 aromatic heterocycles. The number of nitrogens with one attached hydrogen (secondary N) is 1. The van der Waals surface area contributed by atoms with Crippen LogP contribution in [0.5, 0.6) is 0 Å². The molecular formula is C7H7ClN2O. The quantitative estimate of drug-likeness (QED) is 0.674. The molecule has 0 atom stereocenters. The maximum absolute atomic E-state index is 10.9. The van der Waals surface area contributed by atoms with Crippen LogP contribution in [-0.2, 0) is 0 Å². The first-order chi connectivity index (χ1) is 5.34. The van der Waals surface area contributed by atoms with E-state index < -0.39 is 0 Å². The maximum atomic E-state index is 10.9. The molecular weight excluding hydrogens is 164 g/mol. The van der Waals surface area contributed by atoms with Gasteiger partial charge in [-0.05, 0) is 0 Å². The summed E-state index contributed by atoms with van der Waals surface area (Å²) in [5, 5.41) is 0. The molecule has 3 nitrogen and oxygen atoms in total. The Hall–Kier alpha value is -1.09. The Morgan fingerprint density at radius 1 is 1.73 bits per heavy atom. The molecule has 0 fully saturated rings. The van der Waals surface area contributed by atoms with E-state index in [1.807, 2.05) is 0 Å². The van der Waals surface area contributed by atoms with E-state index in [0.29, 0.717) is 11.4 Å². The second-order valence-electron chi connectivity index (χ2n) is 1.89. The molecule has 4 heteroatoms. The Kier molecular flexibility index (Phi) is 2.86. The highest BCUT2D eigenvalue weighted by atomic mass is 35.5. The molecule has 1 heterocycles. The third-order valence-electron chi connectivity index (χ3n) is 1.13. The van der Waals surface area contributed by atoms with Gasteiger partial charge in [-0.2, -0.15) is 0 Å². The molecule has 58 valence electrons. The minimum atomic E-state index is -0.152. The average molecular weight is 171 g/mol. The third-order valence-corrected chi connectivity index (χ3v) is 1.31. The lowest BCUT2D eigenvalue weighted by atomic mass is 10.3. The van der Waals surface area contributed by atoms with Gasteiger partial charge < -0.3 is 4.98 Å². The summed E-state index contributed by atoms with van der Waals surface area (Å²) in [5.74, 6) is 0.397. The predicted molar refractivity (Wildman–Crippen MR) is 44.6 cm³/mol. The number of alkyl halides is 1. The molecule has 0 aliphatic heterocycles. The van der Waals surface area contributed by atoms with Crippen LogP contribution in [0.25, 0.3) is 6.08 Å². The minimum absolute atomic E-state index is 0.152. The van der Waals surface area contributed by atoms with Crippen molar-refractivity contribution in [1.82, 2.24) is 9.97 Å². The van der Waals surface area contributed by atoms with Gasteiger partial charge in [-0.1, -0.05) is 12.2 Å². The number of aromatic amines is 1. The zero-order valence-corrected chi connectivity index (χ0v) is 6.51. The van der Waals surface area contributed by atoms with E-state index in [9.17, 15) is 4.79 Å². The Labute approximate surface area is 68.7 Å². The Morgan fingerprint density at radius 2 is 2.55 bits per heavy atom. The molecule has 0 radical (unpaired) electrons. The van der Waals surface area contributed by atoms with Crippen LogP contribution in [0.4, 0.5) is 0 Å². The van der Waals surface area contributed by atoms with E-state index in [1.54, 1.807) is 12.2 Å².